The second-order valence-electron chi connectivity index (χ2n) is 11.0. The van der Waals surface area contributed by atoms with Gasteiger partial charge in [-0.05, 0) is 46.9 Å². The number of rotatable bonds is 11. The molecule has 2 N–H and O–H groups in total. The molecule has 1 aromatic heterocycles. The third-order valence-electron chi connectivity index (χ3n) is 7.83. The van der Waals surface area contributed by atoms with E-state index >= 15 is 0 Å². The Morgan fingerprint density at radius 3 is 2.36 bits per heavy atom. The van der Waals surface area contributed by atoms with Gasteiger partial charge in [0, 0.05) is 36.9 Å². The number of thioether (sulfide) groups is 1. The van der Waals surface area contributed by atoms with Crippen molar-refractivity contribution in [2.75, 3.05) is 5.75 Å². The summed E-state index contributed by atoms with van der Waals surface area (Å²) in [6.45, 7) is 5.26. The van der Waals surface area contributed by atoms with Crippen LogP contribution in [0.25, 0.3) is 11.1 Å². The molecule has 3 aromatic carbocycles. The SMILES string of the molecule is CC(=O)O[C@@H](C)C(=O)NCc1ccccc1-c1ccc([C@@H]2O[C@H](CSc3ccccn3)[C@H](C)[C@H](c3ccc(CO)cc3)O2)cc1. The van der Waals surface area contributed by atoms with E-state index in [1.807, 2.05) is 91.0 Å². The van der Waals surface area contributed by atoms with Gasteiger partial charge in [0.2, 0.25) is 0 Å². The molecule has 0 unspecified atom stereocenters. The van der Waals surface area contributed by atoms with Crippen molar-refractivity contribution in [2.45, 2.75) is 63.6 Å². The number of aliphatic hydroxyl groups excluding tert-OH is 1. The molecule has 0 aliphatic carbocycles. The number of pyridine rings is 1. The van der Waals surface area contributed by atoms with E-state index in [-0.39, 0.29) is 30.6 Å². The third kappa shape index (κ3) is 8.38. The molecule has 1 aliphatic heterocycles. The number of hydrogen-bond donors (Lipinski definition) is 2. The van der Waals surface area contributed by atoms with Crippen LogP contribution in [0, 0.1) is 5.92 Å². The van der Waals surface area contributed by atoms with Crippen LogP contribution in [0.4, 0.5) is 0 Å². The van der Waals surface area contributed by atoms with Gasteiger partial charge < -0.3 is 24.6 Å². The monoisotopic (exact) mass is 626 g/mol. The molecule has 1 saturated heterocycles. The van der Waals surface area contributed by atoms with E-state index in [0.717, 1.165) is 44.2 Å². The van der Waals surface area contributed by atoms with Gasteiger partial charge in [0.15, 0.2) is 12.4 Å². The summed E-state index contributed by atoms with van der Waals surface area (Å²) in [7, 11) is 0. The van der Waals surface area contributed by atoms with E-state index < -0.39 is 18.4 Å². The Hall–Kier alpha value is -4.02. The second kappa shape index (κ2) is 15.3. The molecule has 9 heteroatoms. The van der Waals surface area contributed by atoms with Gasteiger partial charge in [-0.1, -0.05) is 85.8 Å². The average Bonchev–Trinajstić information content (AvgIpc) is 3.07. The largest absolute Gasteiger partial charge is 0.453 e. The lowest BCUT2D eigenvalue weighted by Crippen LogP contribution is -2.38. The summed E-state index contributed by atoms with van der Waals surface area (Å²) in [5, 5.41) is 13.3. The first kappa shape index (κ1) is 32.4. The van der Waals surface area contributed by atoms with Crippen molar-refractivity contribution in [3.63, 3.8) is 0 Å². The molecule has 2 heterocycles. The number of benzene rings is 3. The second-order valence-corrected chi connectivity index (χ2v) is 12.1. The quantitative estimate of drug-likeness (QED) is 0.146. The Morgan fingerprint density at radius 2 is 1.67 bits per heavy atom. The molecule has 0 radical (unpaired) electrons. The molecule has 0 saturated carbocycles. The van der Waals surface area contributed by atoms with E-state index in [4.69, 9.17) is 14.2 Å². The van der Waals surface area contributed by atoms with Crippen LogP contribution >= 0.6 is 11.8 Å². The minimum absolute atomic E-state index is 0.00825. The Morgan fingerprint density at radius 1 is 0.956 bits per heavy atom. The molecule has 8 nitrogen and oxygen atoms in total. The van der Waals surface area contributed by atoms with Gasteiger partial charge >= 0.3 is 5.97 Å². The van der Waals surface area contributed by atoms with Crippen molar-refractivity contribution in [3.05, 3.63) is 119 Å². The Labute approximate surface area is 268 Å². The zero-order valence-electron chi connectivity index (χ0n) is 25.6. The van der Waals surface area contributed by atoms with Crippen LogP contribution in [-0.2, 0) is 37.0 Å². The molecule has 5 atom stereocenters. The minimum atomic E-state index is -0.866. The molecular formula is C36H38N2O6S. The fraction of sp³-hybridized carbons (Fsp3) is 0.306. The topological polar surface area (TPSA) is 107 Å². The normalized spacial score (nSPS) is 20.3. The number of aromatic nitrogens is 1. The highest BCUT2D eigenvalue weighted by atomic mass is 32.2. The zero-order chi connectivity index (χ0) is 31.8. The summed E-state index contributed by atoms with van der Waals surface area (Å²) >= 11 is 1.66. The van der Waals surface area contributed by atoms with Gasteiger partial charge in [0.1, 0.15) is 0 Å². The fourth-order valence-corrected chi connectivity index (χ4v) is 6.34. The molecule has 234 valence electrons. The molecule has 4 aromatic rings. The maximum absolute atomic E-state index is 12.4. The van der Waals surface area contributed by atoms with Gasteiger partial charge in [-0.25, -0.2) is 4.98 Å². The van der Waals surface area contributed by atoms with Crippen molar-refractivity contribution in [1.82, 2.24) is 10.3 Å². The molecule has 5 rings (SSSR count). The molecule has 0 spiro atoms. The molecular weight excluding hydrogens is 588 g/mol. The van der Waals surface area contributed by atoms with Gasteiger partial charge in [-0.15, -0.1) is 11.8 Å². The van der Waals surface area contributed by atoms with Crippen LogP contribution in [0.2, 0.25) is 0 Å². The van der Waals surface area contributed by atoms with Crippen molar-refractivity contribution in [1.29, 1.82) is 0 Å². The number of carbonyl (C=O) groups is 2. The number of aliphatic hydroxyl groups is 1. The maximum Gasteiger partial charge on any atom is 0.303 e. The molecule has 1 aliphatic rings. The van der Waals surface area contributed by atoms with Gasteiger partial charge in [0.05, 0.1) is 23.8 Å². The lowest BCUT2D eigenvalue weighted by Gasteiger charge is -2.41. The summed E-state index contributed by atoms with van der Waals surface area (Å²) < 4.78 is 18.2. The standard InChI is InChI=1S/C36H38N2O6S/c1-23-32(22-45-33-10-6-7-19-37-33)43-36(44-34(23)28-13-11-26(21-39)12-14-28)29-17-15-27(16-18-29)31-9-5-4-8-30(31)20-38-35(41)24(2)42-25(3)40/h4-19,23-24,32,34,36,39H,20-22H2,1-3H3,(H,38,41)/t23-,24-,32+,34+,36+/m0/s1. The average molecular weight is 627 g/mol. The van der Waals surface area contributed by atoms with E-state index in [1.54, 1.807) is 24.9 Å². The predicted octanol–water partition coefficient (Wildman–Crippen LogP) is 6.39. The number of ether oxygens (including phenoxy) is 3. The van der Waals surface area contributed by atoms with E-state index in [1.165, 1.54) is 6.92 Å². The molecule has 1 amide bonds. The van der Waals surface area contributed by atoms with Crippen LogP contribution in [0.5, 0.6) is 0 Å². The highest BCUT2D eigenvalue weighted by molar-refractivity contribution is 7.99. The number of nitrogens with zero attached hydrogens (tertiary/aromatic N) is 1. The zero-order valence-corrected chi connectivity index (χ0v) is 26.4. The smallest absolute Gasteiger partial charge is 0.303 e. The van der Waals surface area contributed by atoms with Crippen LogP contribution in [0.3, 0.4) is 0 Å². The maximum atomic E-state index is 12.4. The van der Waals surface area contributed by atoms with Crippen LogP contribution in [0.15, 0.2) is 102 Å². The number of carbonyl (C=O) groups excluding carboxylic acids is 2. The molecule has 45 heavy (non-hydrogen) atoms. The highest BCUT2D eigenvalue weighted by Crippen LogP contribution is 2.43. The first-order chi connectivity index (χ1) is 21.8. The summed E-state index contributed by atoms with van der Waals surface area (Å²) in [6.07, 6.45) is 0.0438. The van der Waals surface area contributed by atoms with Gasteiger partial charge in [-0.3, -0.25) is 9.59 Å². The van der Waals surface area contributed by atoms with E-state index in [2.05, 4.69) is 17.2 Å². The summed E-state index contributed by atoms with van der Waals surface area (Å²) in [5.41, 5.74) is 5.69. The van der Waals surface area contributed by atoms with Crippen molar-refractivity contribution >= 4 is 23.6 Å². The number of hydrogen-bond acceptors (Lipinski definition) is 8. The van der Waals surface area contributed by atoms with Crippen molar-refractivity contribution in [2.24, 2.45) is 5.92 Å². The summed E-state index contributed by atoms with van der Waals surface area (Å²) in [5.74, 6) is -0.0613. The van der Waals surface area contributed by atoms with Crippen LogP contribution < -0.4 is 5.32 Å². The van der Waals surface area contributed by atoms with Crippen molar-refractivity contribution in [3.8, 4) is 11.1 Å². The van der Waals surface area contributed by atoms with Crippen LogP contribution in [0.1, 0.15) is 55.4 Å². The predicted molar refractivity (Wildman–Crippen MR) is 173 cm³/mol. The summed E-state index contributed by atoms with van der Waals surface area (Å²) in [6, 6.07) is 29.7. The highest BCUT2D eigenvalue weighted by Gasteiger charge is 2.38. The third-order valence-corrected chi connectivity index (χ3v) is 8.87. The first-order valence-corrected chi connectivity index (χ1v) is 16.0. The number of esters is 1. The Balaban J connectivity index is 1.34. The fourth-order valence-electron chi connectivity index (χ4n) is 5.31. The van der Waals surface area contributed by atoms with Gasteiger partial charge in [0.25, 0.3) is 5.91 Å². The lowest BCUT2D eigenvalue weighted by molar-refractivity contribution is -0.268. The first-order valence-electron chi connectivity index (χ1n) is 15.0. The summed E-state index contributed by atoms with van der Waals surface area (Å²) in [4.78, 5) is 28.1. The van der Waals surface area contributed by atoms with E-state index in [0.29, 0.717) is 6.54 Å². The molecule has 1 fully saturated rings. The lowest BCUT2D eigenvalue weighted by atomic mass is 9.91. The van der Waals surface area contributed by atoms with Gasteiger partial charge in [-0.2, -0.15) is 0 Å². The Kier molecular flexibility index (Phi) is 11.0. The molecule has 0 bridgehead atoms. The van der Waals surface area contributed by atoms with E-state index in [9.17, 15) is 14.7 Å². The van der Waals surface area contributed by atoms with Crippen molar-refractivity contribution < 1.29 is 28.9 Å². The van der Waals surface area contributed by atoms with Crippen LogP contribution in [-0.4, -0.2) is 39.9 Å². The minimum Gasteiger partial charge on any atom is -0.453 e. The number of nitrogens with one attached hydrogen (secondary N) is 1. The Bertz CT molecular complexity index is 1560. The number of amides is 1.